The van der Waals surface area contributed by atoms with Crippen molar-refractivity contribution in [1.82, 2.24) is 29.6 Å². The van der Waals surface area contributed by atoms with Crippen molar-refractivity contribution in [3.63, 3.8) is 0 Å². The van der Waals surface area contributed by atoms with Crippen LogP contribution in [0.25, 0.3) is 22.6 Å². The van der Waals surface area contributed by atoms with E-state index in [2.05, 4.69) is 20.1 Å². The molecule has 9 heteroatoms. The number of fused-ring (bicyclic) bond motifs is 1. The van der Waals surface area contributed by atoms with E-state index in [0.29, 0.717) is 48.5 Å². The average molecular weight is 400 g/mol. The number of halogens is 1. The maximum atomic E-state index is 14.8. The molecule has 8 nitrogen and oxygen atoms in total. The van der Waals surface area contributed by atoms with Gasteiger partial charge in [0.05, 0.1) is 18.0 Å². The van der Waals surface area contributed by atoms with Gasteiger partial charge in [-0.1, -0.05) is 0 Å². The molecule has 1 aliphatic heterocycles. The molecule has 4 rings (SSSR count). The number of carbonyl (C=O) groups excluding carboxylic acids is 1. The summed E-state index contributed by atoms with van der Waals surface area (Å²) in [6, 6.07) is 0. The molecule has 1 aliphatic rings. The Bertz CT molecular complexity index is 1040. The lowest BCUT2D eigenvalue weighted by molar-refractivity contribution is 0.0204. The third kappa shape index (κ3) is 3.94. The summed E-state index contributed by atoms with van der Waals surface area (Å²) in [7, 11) is 1.83. The third-order valence-electron chi connectivity index (χ3n) is 5.04. The summed E-state index contributed by atoms with van der Waals surface area (Å²) in [6.07, 6.45) is 5.74. The van der Waals surface area contributed by atoms with Gasteiger partial charge in [-0.2, -0.15) is 5.10 Å². The number of ether oxygens (including phenoxy) is 1. The third-order valence-corrected chi connectivity index (χ3v) is 5.04. The van der Waals surface area contributed by atoms with E-state index in [0.717, 1.165) is 5.56 Å². The van der Waals surface area contributed by atoms with Crippen LogP contribution in [0.1, 0.15) is 45.1 Å². The Balaban J connectivity index is 1.57. The molecule has 0 unspecified atom stereocenters. The molecule has 29 heavy (non-hydrogen) atoms. The van der Waals surface area contributed by atoms with Gasteiger partial charge in [-0.3, -0.25) is 4.68 Å². The lowest BCUT2D eigenvalue weighted by atomic mass is 9.89. The summed E-state index contributed by atoms with van der Waals surface area (Å²) in [5.74, 6) is 0.209. The first-order chi connectivity index (χ1) is 13.7. The highest BCUT2D eigenvalue weighted by atomic mass is 19.1. The van der Waals surface area contributed by atoms with Crippen molar-refractivity contribution >= 4 is 17.3 Å². The molecule has 4 heterocycles. The molecule has 0 aromatic carbocycles. The van der Waals surface area contributed by atoms with Crippen LogP contribution in [0.3, 0.4) is 0 Å². The summed E-state index contributed by atoms with van der Waals surface area (Å²) in [4.78, 5) is 25.9. The van der Waals surface area contributed by atoms with Gasteiger partial charge in [0.2, 0.25) is 0 Å². The van der Waals surface area contributed by atoms with E-state index in [4.69, 9.17) is 4.74 Å². The SMILES string of the molecule is Cn1cc(-c2nc3c(C4CCN(C(=O)OC(C)(C)C)CC4)c(F)cnc3[nH]2)cn1. The number of hydrogen-bond acceptors (Lipinski definition) is 5. The fraction of sp³-hybridized carbons (Fsp3) is 0.500. The largest absolute Gasteiger partial charge is 0.444 e. The second-order valence-electron chi connectivity index (χ2n) is 8.45. The molecule has 0 radical (unpaired) electrons. The minimum Gasteiger partial charge on any atom is -0.444 e. The van der Waals surface area contributed by atoms with Gasteiger partial charge in [0.15, 0.2) is 5.65 Å². The second kappa shape index (κ2) is 7.13. The molecule has 3 aromatic heterocycles. The Morgan fingerprint density at radius 2 is 2.00 bits per heavy atom. The number of aromatic nitrogens is 5. The Labute approximate surface area is 168 Å². The topological polar surface area (TPSA) is 88.9 Å². The molecular formula is C20H25FN6O2. The minimum atomic E-state index is -0.533. The van der Waals surface area contributed by atoms with Gasteiger partial charge in [0, 0.05) is 31.9 Å². The molecule has 1 fully saturated rings. The predicted octanol–water partition coefficient (Wildman–Crippen LogP) is 3.61. The van der Waals surface area contributed by atoms with Crippen molar-refractivity contribution in [2.24, 2.45) is 7.05 Å². The number of amides is 1. The summed E-state index contributed by atoms with van der Waals surface area (Å²) >= 11 is 0. The molecule has 154 valence electrons. The number of likely N-dealkylation sites (tertiary alicyclic amines) is 1. The first-order valence-electron chi connectivity index (χ1n) is 9.72. The average Bonchev–Trinajstić information content (AvgIpc) is 3.26. The fourth-order valence-corrected chi connectivity index (χ4v) is 3.69. The molecule has 0 bridgehead atoms. The van der Waals surface area contributed by atoms with E-state index in [9.17, 15) is 9.18 Å². The summed E-state index contributed by atoms with van der Waals surface area (Å²) in [6.45, 7) is 6.57. The van der Waals surface area contributed by atoms with Crippen molar-refractivity contribution in [3.8, 4) is 11.4 Å². The number of imidazole rings is 1. The molecular weight excluding hydrogens is 375 g/mol. The maximum absolute atomic E-state index is 14.8. The number of hydrogen-bond donors (Lipinski definition) is 1. The first kappa shape index (κ1) is 19.4. The highest BCUT2D eigenvalue weighted by Gasteiger charge is 2.30. The Kier molecular flexibility index (Phi) is 4.76. The van der Waals surface area contributed by atoms with Gasteiger partial charge in [0.1, 0.15) is 22.8 Å². The Morgan fingerprint density at radius 3 is 2.62 bits per heavy atom. The second-order valence-corrected chi connectivity index (χ2v) is 8.45. The normalized spacial score (nSPS) is 15.8. The molecule has 1 N–H and O–H groups in total. The van der Waals surface area contributed by atoms with E-state index in [-0.39, 0.29) is 17.8 Å². The van der Waals surface area contributed by atoms with Crippen molar-refractivity contribution in [2.75, 3.05) is 13.1 Å². The lowest BCUT2D eigenvalue weighted by Crippen LogP contribution is -2.41. The summed E-state index contributed by atoms with van der Waals surface area (Å²) in [5.41, 5.74) is 1.94. The van der Waals surface area contributed by atoms with Crippen LogP contribution in [-0.4, -0.2) is 54.4 Å². The number of aromatic amines is 1. The van der Waals surface area contributed by atoms with Crippen LogP contribution in [0.15, 0.2) is 18.6 Å². The Hall–Kier alpha value is -2.97. The van der Waals surface area contributed by atoms with Crippen LogP contribution in [0, 0.1) is 5.82 Å². The molecule has 3 aromatic rings. The zero-order chi connectivity index (χ0) is 20.8. The van der Waals surface area contributed by atoms with E-state index in [1.54, 1.807) is 15.8 Å². The first-order valence-corrected chi connectivity index (χ1v) is 9.72. The number of H-pyrrole nitrogens is 1. The highest BCUT2D eigenvalue weighted by molar-refractivity contribution is 5.79. The zero-order valence-corrected chi connectivity index (χ0v) is 17.1. The van der Waals surface area contributed by atoms with Crippen molar-refractivity contribution < 1.29 is 13.9 Å². The molecule has 0 saturated carbocycles. The smallest absolute Gasteiger partial charge is 0.410 e. The number of nitrogens with zero attached hydrogens (tertiary/aromatic N) is 5. The van der Waals surface area contributed by atoms with Crippen LogP contribution in [0.4, 0.5) is 9.18 Å². The van der Waals surface area contributed by atoms with E-state index >= 15 is 0 Å². The summed E-state index contributed by atoms with van der Waals surface area (Å²) in [5, 5.41) is 4.16. The van der Waals surface area contributed by atoms with Crippen LogP contribution >= 0.6 is 0 Å². The van der Waals surface area contributed by atoms with Gasteiger partial charge in [-0.05, 0) is 39.5 Å². The summed E-state index contributed by atoms with van der Waals surface area (Å²) < 4.78 is 21.9. The highest BCUT2D eigenvalue weighted by Crippen LogP contribution is 2.35. The number of piperidine rings is 1. The van der Waals surface area contributed by atoms with Crippen molar-refractivity contribution in [2.45, 2.75) is 45.1 Å². The number of carbonyl (C=O) groups is 1. The van der Waals surface area contributed by atoms with Gasteiger partial charge in [0.25, 0.3) is 0 Å². The fourth-order valence-electron chi connectivity index (χ4n) is 3.69. The van der Waals surface area contributed by atoms with Gasteiger partial charge < -0.3 is 14.6 Å². The minimum absolute atomic E-state index is 0.0377. The quantitative estimate of drug-likeness (QED) is 0.710. The predicted molar refractivity (Wildman–Crippen MR) is 106 cm³/mol. The number of pyridine rings is 1. The van der Waals surface area contributed by atoms with Gasteiger partial charge in [-0.25, -0.2) is 19.2 Å². The van der Waals surface area contributed by atoms with E-state index in [1.807, 2.05) is 34.0 Å². The standard InChI is InChI=1S/C20H25FN6O2/c1-20(2,3)29-19(28)27-7-5-12(6-8-27)15-14(21)10-22-18-16(15)24-17(25-18)13-9-23-26(4)11-13/h9-12H,5-8H2,1-4H3,(H,22,24,25). The van der Waals surface area contributed by atoms with Crippen LogP contribution in [0.2, 0.25) is 0 Å². The number of aryl methyl sites for hydroxylation is 1. The molecule has 1 amide bonds. The van der Waals surface area contributed by atoms with E-state index < -0.39 is 5.60 Å². The number of nitrogens with one attached hydrogen (secondary N) is 1. The monoisotopic (exact) mass is 400 g/mol. The maximum Gasteiger partial charge on any atom is 0.410 e. The van der Waals surface area contributed by atoms with Crippen molar-refractivity contribution in [3.05, 3.63) is 30.0 Å². The van der Waals surface area contributed by atoms with Crippen LogP contribution in [0.5, 0.6) is 0 Å². The van der Waals surface area contributed by atoms with Crippen LogP contribution in [-0.2, 0) is 11.8 Å². The molecule has 0 aliphatic carbocycles. The van der Waals surface area contributed by atoms with Crippen molar-refractivity contribution in [1.29, 1.82) is 0 Å². The lowest BCUT2D eigenvalue weighted by Gasteiger charge is -2.33. The number of rotatable bonds is 2. The molecule has 0 atom stereocenters. The molecule has 0 spiro atoms. The van der Waals surface area contributed by atoms with Gasteiger partial charge >= 0.3 is 6.09 Å². The Morgan fingerprint density at radius 1 is 1.28 bits per heavy atom. The van der Waals surface area contributed by atoms with E-state index in [1.165, 1.54) is 6.20 Å². The zero-order valence-electron chi connectivity index (χ0n) is 17.1. The molecule has 1 saturated heterocycles. The van der Waals surface area contributed by atoms with Gasteiger partial charge in [-0.15, -0.1) is 0 Å². The van der Waals surface area contributed by atoms with Crippen LogP contribution < -0.4 is 0 Å².